The molecule has 2 atom stereocenters. The van der Waals surface area contributed by atoms with Crippen LogP contribution in [0.4, 0.5) is 4.79 Å². The predicted molar refractivity (Wildman–Crippen MR) is 74.6 cm³/mol. The highest BCUT2D eigenvalue weighted by Crippen LogP contribution is 2.30. The van der Waals surface area contributed by atoms with Gasteiger partial charge in [-0.15, -0.1) is 0 Å². The maximum Gasteiger partial charge on any atom is 0.316 e. The van der Waals surface area contributed by atoms with Gasteiger partial charge in [0.25, 0.3) is 0 Å². The summed E-state index contributed by atoms with van der Waals surface area (Å²) in [5.74, 6) is 0.399. The smallest absolute Gasteiger partial charge is 0.316 e. The van der Waals surface area contributed by atoms with Gasteiger partial charge >= 0.3 is 6.03 Å². The molecule has 0 heterocycles. The number of hydrogen-bond acceptors (Lipinski definition) is 3. The number of nitrogens with two attached hydrogens (primary N) is 1. The van der Waals surface area contributed by atoms with Crippen LogP contribution in [-0.2, 0) is 4.79 Å². The second-order valence-corrected chi connectivity index (χ2v) is 5.74. The molecule has 110 valence electrons. The minimum absolute atomic E-state index is 0.0989. The van der Waals surface area contributed by atoms with E-state index in [-0.39, 0.29) is 11.9 Å². The molecule has 2 unspecified atom stereocenters. The van der Waals surface area contributed by atoms with E-state index in [1.807, 2.05) is 0 Å². The van der Waals surface area contributed by atoms with Gasteiger partial charge in [0.05, 0.1) is 5.54 Å². The quantitative estimate of drug-likeness (QED) is 0.641. The molecule has 0 aromatic heterocycles. The molecule has 0 saturated heterocycles. The molecule has 1 aliphatic carbocycles. The Hall–Kier alpha value is -1.30. The van der Waals surface area contributed by atoms with Crippen LogP contribution in [0, 0.1) is 5.92 Å². The molecule has 3 amide bonds. The van der Waals surface area contributed by atoms with Crippen molar-refractivity contribution in [3.63, 3.8) is 0 Å². The lowest BCUT2D eigenvalue weighted by Gasteiger charge is -2.35. The summed E-state index contributed by atoms with van der Waals surface area (Å²) in [7, 11) is 3.35. The fourth-order valence-electron chi connectivity index (χ4n) is 2.48. The highest BCUT2D eigenvalue weighted by Gasteiger charge is 2.37. The molecule has 6 nitrogen and oxygen atoms in total. The zero-order chi connectivity index (χ0) is 14.5. The summed E-state index contributed by atoms with van der Waals surface area (Å²) in [5, 5.41) is 5.50. The predicted octanol–water partition coefficient (Wildman–Crippen LogP) is 0.281. The zero-order valence-electron chi connectivity index (χ0n) is 12.2. The van der Waals surface area contributed by atoms with Crippen molar-refractivity contribution < 1.29 is 9.59 Å². The van der Waals surface area contributed by atoms with Gasteiger partial charge in [-0.1, -0.05) is 19.8 Å². The highest BCUT2D eigenvalue weighted by atomic mass is 16.2. The molecule has 0 aromatic carbocycles. The molecule has 1 aliphatic rings. The lowest BCUT2D eigenvalue weighted by molar-refractivity contribution is -0.128. The number of rotatable bonds is 4. The van der Waals surface area contributed by atoms with Gasteiger partial charge in [0.1, 0.15) is 0 Å². The second kappa shape index (κ2) is 6.75. The summed E-state index contributed by atoms with van der Waals surface area (Å²) in [6.07, 6.45) is 3.63. The number of amides is 3. The molecule has 1 saturated carbocycles. The summed E-state index contributed by atoms with van der Waals surface area (Å²) in [6.45, 7) is 2.95. The molecule has 19 heavy (non-hydrogen) atoms. The Bertz CT molecular complexity index is 333. The van der Waals surface area contributed by atoms with Crippen LogP contribution in [0.5, 0.6) is 0 Å². The number of hydrogen-bond donors (Lipinski definition) is 3. The summed E-state index contributed by atoms with van der Waals surface area (Å²) in [5.41, 5.74) is 5.44. The Morgan fingerprint density at radius 1 is 1.32 bits per heavy atom. The van der Waals surface area contributed by atoms with Crippen molar-refractivity contribution in [2.45, 2.75) is 38.1 Å². The SMILES string of the molecule is CC1CCCC(N)(C(=O)NCCNC(=O)N(C)C)C1. The molecular weight excluding hydrogens is 244 g/mol. The first-order chi connectivity index (χ1) is 8.85. The van der Waals surface area contributed by atoms with Crippen molar-refractivity contribution in [1.29, 1.82) is 0 Å². The van der Waals surface area contributed by atoms with Crippen molar-refractivity contribution in [2.24, 2.45) is 11.7 Å². The molecule has 0 aromatic rings. The molecule has 1 rings (SSSR count). The van der Waals surface area contributed by atoms with Crippen LogP contribution in [0.1, 0.15) is 32.6 Å². The third-order valence-electron chi connectivity index (χ3n) is 3.58. The van der Waals surface area contributed by atoms with E-state index in [9.17, 15) is 9.59 Å². The van der Waals surface area contributed by atoms with Crippen molar-refractivity contribution >= 4 is 11.9 Å². The van der Waals surface area contributed by atoms with Crippen molar-refractivity contribution in [3.05, 3.63) is 0 Å². The fraction of sp³-hybridized carbons (Fsp3) is 0.846. The van der Waals surface area contributed by atoms with Crippen LogP contribution in [0.2, 0.25) is 0 Å². The van der Waals surface area contributed by atoms with E-state index in [0.29, 0.717) is 19.0 Å². The van der Waals surface area contributed by atoms with Gasteiger partial charge in [0.2, 0.25) is 5.91 Å². The van der Waals surface area contributed by atoms with Gasteiger partial charge in [-0.2, -0.15) is 0 Å². The summed E-state index contributed by atoms with van der Waals surface area (Å²) in [4.78, 5) is 24.8. The molecule has 0 bridgehead atoms. The molecule has 1 fully saturated rings. The summed E-state index contributed by atoms with van der Waals surface area (Å²) >= 11 is 0. The topological polar surface area (TPSA) is 87.5 Å². The van der Waals surface area contributed by atoms with Crippen molar-refractivity contribution in [3.8, 4) is 0 Å². The Balaban J connectivity index is 2.29. The minimum Gasteiger partial charge on any atom is -0.353 e. The molecule has 6 heteroatoms. The van der Waals surface area contributed by atoms with Crippen LogP contribution in [0.15, 0.2) is 0 Å². The third kappa shape index (κ3) is 4.70. The summed E-state index contributed by atoms with van der Waals surface area (Å²) < 4.78 is 0. The average Bonchev–Trinajstić information content (AvgIpc) is 2.33. The third-order valence-corrected chi connectivity index (χ3v) is 3.58. The lowest BCUT2D eigenvalue weighted by atomic mass is 9.76. The second-order valence-electron chi connectivity index (χ2n) is 5.74. The normalized spacial score (nSPS) is 26.6. The average molecular weight is 270 g/mol. The Kier molecular flexibility index (Phi) is 5.60. The Morgan fingerprint density at radius 3 is 2.53 bits per heavy atom. The number of carbonyl (C=O) groups excluding carboxylic acids is 2. The minimum atomic E-state index is -0.733. The van der Waals surface area contributed by atoms with E-state index < -0.39 is 5.54 Å². The molecule has 0 spiro atoms. The van der Waals surface area contributed by atoms with Crippen LogP contribution in [0.25, 0.3) is 0 Å². The van der Waals surface area contributed by atoms with Crippen molar-refractivity contribution in [2.75, 3.05) is 27.2 Å². The number of urea groups is 1. The van der Waals surface area contributed by atoms with E-state index in [2.05, 4.69) is 17.6 Å². The molecular formula is C13H26N4O2. The number of nitrogens with zero attached hydrogens (tertiary/aromatic N) is 1. The maximum absolute atomic E-state index is 12.1. The van der Waals surface area contributed by atoms with Gasteiger partial charge in [0, 0.05) is 27.2 Å². The Labute approximate surface area is 115 Å². The van der Waals surface area contributed by atoms with Gasteiger partial charge in [0.15, 0.2) is 0 Å². The number of nitrogens with one attached hydrogen (secondary N) is 2. The molecule has 0 radical (unpaired) electrons. The highest BCUT2D eigenvalue weighted by molar-refractivity contribution is 5.86. The standard InChI is InChI=1S/C13H26N4O2/c1-10-5-4-6-13(14,9-10)11(18)15-7-8-16-12(19)17(2)3/h10H,4-9,14H2,1-3H3,(H,15,18)(H,16,19). The van der Waals surface area contributed by atoms with E-state index in [1.165, 1.54) is 4.90 Å². The van der Waals surface area contributed by atoms with Gasteiger partial charge < -0.3 is 21.3 Å². The van der Waals surface area contributed by atoms with E-state index in [0.717, 1.165) is 25.7 Å². The first-order valence-electron chi connectivity index (χ1n) is 6.87. The van der Waals surface area contributed by atoms with E-state index in [4.69, 9.17) is 5.73 Å². The van der Waals surface area contributed by atoms with Crippen LogP contribution in [-0.4, -0.2) is 49.6 Å². The Morgan fingerprint density at radius 2 is 1.95 bits per heavy atom. The van der Waals surface area contributed by atoms with Crippen LogP contribution < -0.4 is 16.4 Å². The first-order valence-corrected chi connectivity index (χ1v) is 6.87. The van der Waals surface area contributed by atoms with E-state index >= 15 is 0 Å². The molecule has 0 aliphatic heterocycles. The lowest BCUT2D eigenvalue weighted by Crippen LogP contribution is -2.57. The van der Waals surface area contributed by atoms with Gasteiger partial charge in [-0.25, -0.2) is 4.79 Å². The van der Waals surface area contributed by atoms with Crippen molar-refractivity contribution in [1.82, 2.24) is 15.5 Å². The fourth-order valence-corrected chi connectivity index (χ4v) is 2.48. The summed E-state index contributed by atoms with van der Waals surface area (Å²) in [6, 6.07) is -0.164. The van der Waals surface area contributed by atoms with Crippen LogP contribution >= 0.6 is 0 Å². The largest absolute Gasteiger partial charge is 0.353 e. The first kappa shape index (κ1) is 15.8. The monoisotopic (exact) mass is 270 g/mol. The molecule has 4 N–H and O–H groups in total. The van der Waals surface area contributed by atoms with E-state index in [1.54, 1.807) is 14.1 Å². The van der Waals surface area contributed by atoms with Gasteiger partial charge in [-0.05, 0) is 18.8 Å². The van der Waals surface area contributed by atoms with Gasteiger partial charge in [-0.3, -0.25) is 4.79 Å². The maximum atomic E-state index is 12.1. The van der Waals surface area contributed by atoms with Crippen LogP contribution in [0.3, 0.4) is 0 Å². The zero-order valence-corrected chi connectivity index (χ0v) is 12.2. The number of carbonyl (C=O) groups is 2.